The molecule has 2 amide bonds. The fraction of sp³-hybridized carbons (Fsp3) is 0.643. The molecular formula is C14H19N2NaO4. The normalized spacial score (nSPS) is 21.3. The van der Waals surface area contributed by atoms with E-state index in [1.165, 1.54) is 37.3 Å². The Labute approximate surface area is 146 Å². The first-order chi connectivity index (χ1) is 9.45. The van der Waals surface area contributed by atoms with Gasteiger partial charge in [-0.3, -0.25) is 9.59 Å². The molecule has 0 aromatic rings. The molecule has 2 aliphatic rings. The summed E-state index contributed by atoms with van der Waals surface area (Å²) in [4.78, 5) is 33.4. The SMILES string of the molecule is CC(=O)N[C@@H](CC(=O)NC1CC(=C2CCC2)C1)C(=O)[O-].[Na+]. The molecule has 2 aliphatic carbocycles. The van der Waals surface area contributed by atoms with Gasteiger partial charge >= 0.3 is 29.6 Å². The average molecular weight is 302 g/mol. The quantitative estimate of drug-likeness (QED) is 0.405. The smallest absolute Gasteiger partial charge is 0.548 e. The number of hydrogen-bond acceptors (Lipinski definition) is 4. The molecule has 6 nitrogen and oxygen atoms in total. The van der Waals surface area contributed by atoms with Crippen molar-refractivity contribution >= 4 is 17.8 Å². The van der Waals surface area contributed by atoms with Crippen molar-refractivity contribution in [2.75, 3.05) is 0 Å². The molecule has 0 heterocycles. The monoisotopic (exact) mass is 302 g/mol. The fourth-order valence-corrected chi connectivity index (χ4v) is 2.54. The third-order valence-electron chi connectivity index (χ3n) is 3.86. The van der Waals surface area contributed by atoms with Crippen molar-refractivity contribution in [2.24, 2.45) is 0 Å². The van der Waals surface area contributed by atoms with Gasteiger partial charge in [-0.2, -0.15) is 0 Å². The van der Waals surface area contributed by atoms with Gasteiger partial charge in [0.2, 0.25) is 11.8 Å². The molecule has 0 radical (unpaired) electrons. The van der Waals surface area contributed by atoms with Crippen molar-refractivity contribution in [2.45, 2.75) is 57.5 Å². The van der Waals surface area contributed by atoms with Crippen LogP contribution in [0.2, 0.25) is 0 Å². The fourth-order valence-electron chi connectivity index (χ4n) is 2.54. The van der Waals surface area contributed by atoms with E-state index in [-0.39, 0.29) is 47.9 Å². The molecule has 7 heteroatoms. The van der Waals surface area contributed by atoms with Crippen LogP contribution in [0.4, 0.5) is 0 Å². The molecule has 110 valence electrons. The summed E-state index contributed by atoms with van der Waals surface area (Å²) in [6.45, 7) is 1.21. The number of aliphatic carboxylic acids is 1. The van der Waals surface area contributed by atoms with Crippen LogP contribution in [0.5, 0.6) is 0 Å². The van der Waals surface area contributed by atoms with Gasteiger partial charge < -0.3 is 20.5 Å². The number of carboxylic acid groups (broad SMARTS) is 1. The average Bonchev–Trinajstić information content (AvgIpc) is 2.21. The summed E-state index contributed by atoms with van der Waals surface area (Å²) in [5.41, 5.74) is 2.97. The maximum atomic E-state index is 11.7. The zero-order valence-electron chi connectivity index (χ0n) is 12.5. The summed E-state index contributed by atoms with van der Waals surface area (Å²) in [5.74, 6) is -2.30. The number of nitrogens with one attached hydrogen (secondary N) is 2. The Morgan fingerprint density at radius 1 is 1.24 bits per heavy atom. The first kappa shape index (κ1) is 18.2. The molecule has 0 aliphatic heterocycles. The summed E-state index contributed by atoms with van der Waals surface area (Å²) in [7, 11) is 0. The van der Waals surface area contributed by atoms with Crippen LogP contribution in [0.25, 0.3) is 0 Å². The molecule has 21 heavy (non-hydrogen) atoms. The van der Waals surface area contributed by atoms with Crippen LogP contribution in [-0.4, -0.2) is 29.9 Å². The van der Waals surface area contributed by atoms with Gasteiger partial charge in [0.25, 0.3) is 0 Å². The molecule has 2 rings (SSSR count). The van der Waals surface area contributed by atoms with Crippen LogP contribution < -0.4 is 45.3 Å². The van der Waals surface area contributed by atoms with E-state index in [4.69, 9.17) is 0 Å². The first-order valence-corrected chi connectivity index (χ1v) is 6.93. The second-order valence-corrected chi connectivity index (χ2v) is 5.51. The summed E-state index contributed by atoms with van der Waals surface area (Å²) in [5, 5.41) is 15.8. The van der Waals surface area contributed by atoms with E-state index in [0.717, 1.165) is 12.8 Å². The Hall–Kier alpha value is -0.850. The molecule has 2 N–H and O–H groups in total. The van der Waals surface area contributed by atoms with E-state index in [1.54, 1.807) is 0 Å². The van der Waals surface area contributed by atoms with Crippen molar-refractivity contribution in [3.63, 3.8) is 0 Å². The number of carbonyl (C=O) groups excluding carboxylic acids is 3. The molecular weight excluding hydrogens is 283 g/mol. The Morgan fingerprint density at radius 3 is 2.29 bits per heavy atom. The molecule has 1 atom stereocenters. The van der Waals surface area contributed by atoms with Crippen LogP contribution in [0.1, 0.15) is 45.4 Å². The zero-order valence-corrected chi connectivity index (χ0v) is 14.5. The second-order valence-electron chi connectivity index (χ2n) is 5.51. The van der Waals surface area contributed by atoms with E-state index < -0.39 is 17.9 Å². The standard InChI is InChI=1S/C14H20N2O4.Na/c1-8(17)15-12(14(19)20)7-13(18)16-11-5-10(6-11)9-3-2-4-9;/h11-12H,2-7H2,1H3,(H,15,17)(H,16,18)(H,19,20);/q;+1/p-1/t12-;/m0./s1. The summed E-state index contributed by atoms with van der Waals surface area (Å²) >= 11 is 0. The molecule has 0 unspecified atom stereocenters. The van der Waals surface area contributed by atoms with Gasteiger partial charge in [0, 0.05) is 13.0 Å². The topological polar surface area (TPSA) is 98.3 Å². The van der Waals surface area contributed by atoms with Gasteiger partial charge in [-0.15, -0.1) is 0 Å². The molecule has 0 bridgehead atoms. The second kappa shape index (κ2) is 7.96. The summed E-state index contributed by atoms with van der Waals surface area (Å²) < 4.78 is 0. The van der Waals surface area contributed by atoms with E-state index in [1.807, 2.05) is 0 Å². The number of hydrogen-bond donors (Lipinski definition) is 2. The number of carboxylic acids is 1. The molecule has 0 aromatic heterocycles. The first-order valence-electron chi connectivity index (χ1n) is 6.93. The third-order valence-corrected chi connectivity index (χ3v) is 3.86. The van der Waals surface area contributed by atoms with Crippen LogP contribution in [0, 0.1) is 0 Å². The zero-order chi connectivity index (χ0) is 14.7. The van der Waals surface area contributed by atoms with Gasteiger partial charge in [0.05, 0.1) is 18.4 Å². The molecule has 2 fully saturated rings. The van der Waals surface area contributed by atoms with Crippen LogP contribution >= 0.6 is 0 Å². The minimum Gasteiger partial charge on any atom is -0.548 e. The van der Waals surface area contributed by atoms with Gasteiger partial charge in [-0.05, 0) is 32.1 Å². The molecule has 2 saturated carbocycles. The van der Waals surface area contributed by atoms with Gasteiger partial charge in [0.1, 0.15) is 0 Å². The number of allylic oxidation sites excluding steroid dienone is 1. The number of amides is 2. The van der Waals surface area contributed by atoms with E-state index >= 15 is 0 Å². The van der Waals surface area contributed by atoms with Crippen molar-refractivity contribution in [3.8, 4) is 0 Å². The predicted octanol–water partition coefficient (Wildman–Crippen LogP) is -3.61. The van der Waals surface area contributed by atoms with Gasteiger partial charge in [-0.25, -0.2) is 0 Å². The van der Waals surface area contributed by atoms with Crippen molar-refractivity contribution in [1.29, 1.82) is 0 Å². The third kappa shape index (κ3) is 5.13. The Morgan fingerprint density at radius 2 is 1.86 bits per heavy atom. The van der Waals surface area contributed by atoms with Crippen molar-refractivity contribution in [3.05, 3.63) is 11.1 Å². The molecule has 0 saturated heterocycles. The maximum Gasteiger partial charge on any atom is 1.00 e. The Kier molecular flexibility index (Phi) is 6.90. The largest absolute Gasteiger partial charge is 1.00 e. The minimum absolute atomic E-state index is 0. The van der Waals surface area contributed by atoms with Crippen molar-refractivity contribution < 1.29 is 49.0 Å². The Bertz CT molecular complexity index is 462. The van der Waals surface area contributed by atoms with E-state index in [0.29, 0.717) is 0 Å². The van der Waals surface area contributed by atoms with Crippen LogP contribution in [0.15, 0.2) is 11.1 Å². The van der Waals surface area contributed by atoms with Crippen LogP contribution in [0.3, 0.4) is 0 Å². The predicted molar refractivity (Wildman–Crippen MR) is 69.3 cm³/mol. The van der Waals surface area contributed by atoms with E-state index in [2.05, 4.69) is 10.6 Å². The van der Waals surface area contributed by atoms with Crippen molar-refractivity contribution in [1.82, 2.24) is 10.6 Å². The Balaban J connectivity index is 0.00000220. The van der Waals surface area contributed by atoms with Crippen LogP contribution in [-0.2, 0) is 14.4 Å². The molecule has 0 aromatic carbocycles. The van der Waals surface area contributed by atoms with Gasteiger partial charge in [-0.1, -0.05) is 11.1 Å². The molecule has 0 spiro atoms. The summed E-state index contributed by atoms with van der Waals surface area (Å²) in [6, 6.07) is -1.16. The van der Waals surface area contributed by atoms with E-state index in [9.17, 15) is 19.5 Å². The minimum atomic E-state index is -1.44. The number of carbonyl (C=O) groups is 3. The maximum absolute atomic E-state index is 11.7. The summed E-state index contributed by atoms with van der Waals surface area (Å²) in [6.07, 6.45) is 5.09. The number of rotatable bonds is 5. The van der Waals surface area contributed by atoms with Gasteiger partial charge in [0.15, 0.2) is 0 Å².